The molecule has 0 bridgehead atoms. The Hall–Kier alpha value is -2.36. The first kappa shape index (κ1) is 24.3. The Morgan fingerprint density at radius 1 is 1.19 bits per heavy atom. The molecule has 1 aromatic heterocycles. The zero-order chi connectivity index (χ0) is 23.6. The molecule has 3 rings (SSSR count). The van der Waals surface area contributed by atoms with E-state index in [0.29, 0.717) is 34.9 Å². The van der Waals surface area contributed by atoms with E-state index in [4.69, 9.17) is 16.3 Å². The van der Waals surface area contributed by atoms with E-state index in [9.17, 15) is 18.0 Å². The van der Waals surface area contributed by atoms with Crippen LogP contribution in [-0.2, 0) is 26.6 Å². The minimum atomic E-state index is -3.94. The maximum Gasteiger partial charge on any atom is 0.341 e. The van der Waals surface area contributed by atoms with E-state index in [2.05, 4.69) is 5.32 Å². The van der Waals surface area contributed by atoms with Crippen molar-refractivity contribution in [1.82, 2.24) is 8.87 Å². The van der Waals surface area contributed by atoms with Crippen LogP contribution in [0.2, 0.25) is 5.02 Å². The van der Waals surface area contributed by atoms with E-state index in [0.717, 1.165) is 0 Å². The molecule has 1 amide bonds. The molecule has 1 N–H and O–H groups in total. The van der Waals surface area contributed by atoms with Gasteiger partial charge in [-0.05, 0) is 51.8 Å². The number of aromatic nitrogens is 1. The Morgan fingerprint density at radius 3 is 2.44 bits per heavy atom. The van der Waals surface area contributed by atoms with Crippen LogP contribution in [0.15, 0.2) is 29.2 Å². The van der Waals surface area contributed by atoms with E-state index in [1.165, 1.54) is 4.31 Å². The van der Waals surface area contributed by atoms with Gasteiger partial charge < -0.3 is 14.6 Å². The summed E-state index contributed by atoms with van der Waals surface area (Å²) in [5, 5.41) is 3.36. The van der Waals surface area contributed by atoms with Gasteiger partial charge in [0, 0.05) is 48.2 Å². The Bertz CT molecular complexity index is 1130. The zero-order valence-corrected chi connectivity index (χ0v) is 20.2. The predicted molar refractivity (Wildman–Crippen MR) is 122 cm³/mol. The molecule has 0 aliphatic carbocycles. The quantitative estimate of drug-likeness (QED) is 0.636. The maximum absolute atomic E-state index is 13.5. The number of rotatable bonds is 6. The molecule has 0 radical (unpaired) electrons. The highest BCUT2D eigenvalue weighted by molar-refractivity contribution is 7.89. The molecule has 1 aromatic carbocycles. The molecule has 0 atom stereocenters. The smallest absolute Gasteiger partial charge is 0.341 e. The summed E-state index contributed by atoms with van der Waals surface area (Å²) < 4.78 is 35.1. The van der Waals surface area contributed by atoms with Gasteiger partial charge in [-0.15, -0.1) is 0 Å². The number of carbonyl (C=O) groups excluding carboxylic acids is 2. The largest absolute Gasteiger partial charge is 0.462 e. The lowest BCUT2D eigenvalue weighted by Gasteiger charge is -2.30. The molecule has 8 nitrogen and oxygen atoms in total. The third-order valence-electron chi connectivity index (χ3n) is 5.92. The summed E-state index contributed by atoms with van der Waals surface area (Å²) in [6.07, 6.45) is 0.760. The van der Waals surface area contributed by atoms with E-state index in [1.807, 2.05) is 0 Å². The molecule has 0 spiro atoms. The molecular formula is C22H28ClN3O5S. The highest BCUT2D eigenvalue weighted by Gasteiger charge is 2.38. The van der Waals surface area contributed by atoms with Gasteiger partial charge in [-0.2, -0.15) is 4.31 Å². The second-order valence-electron chi connectivity index (χ2n) is 7.83. The van der Waals surface area contributed by atoms with Crippen molar-refractivity contribution >= 4 is 39.2 Å². The Balaban J connectivity index is 1.77. The highest BCUT2D eigenvalue weighted by atomic mass is 35.5. The molecule has 1 aliphatic heterocycles. The summed E-state index contributed by atoms with van der Waals surface area (Å²) in [5.74, 6) is -1.13. The summed E-state index contributed by atoms with van der Waals surface area (Å²) in [7, 11) is -2.22. The summed E-state index contributed by atoms with van der Waals surface area (Å²) >= 11 is 5.96. The van der Waals surface area contributed by atoms with Crippen molar-refractivity contribution in [3.05, 3.63) is 46.2 Å². The summed E-state index contributed by atoms with van der Waals surface area (Å²) in [6, 6.07) is 6.88. The number of carbonyl (C=O) groups is 2. The van der Waals surface area contributed by atoms with Gasteiger partial charge in [0.15, 0.2) is 0 Å². The average Bonchev–Trinajstić information content (AvgIpc) is 2.98. The lowest BCUT2D eigenvalue weighted by atomic mass is 9.97. The Labute approximate surface area is 193 Å². The molecule has 1 fully saturated rings. The van der Waals surface area contributed by atoms with Crippen LogP contribution in [0.3, 0.4) is 0 Å². The maximum atomic E-state index is 13.5. The number of halogens is 1. The normalized spacial score (nSPS) is 15.5. The first-order chi connectivity index (χ1) is 15.1. The van der Waals surface area contributed by atoms with Gasteiger partial charge in [0.1, 0.15) is 10.5 Å². The summed E-state index contributed by atoms with van der Waals surface area (Å²) in [5.41, 5.74) is 1.70. The number of hydrogen-bond acceptors (Lipinski definition) is 5. The lowest BCUT2D eigenvalue weighted by Crippen LogP contribution is -2.41. The number of ether oxygens (including phenoxy) is 1. The van der Waals surface area contributed by atoms with E-state index in [-0.39, 0.29) is 42.0 Å². The Morgan fingerprint density at radius 2 is 1.84 bits per heavy atom. The summed E-state index contributed by atoms with van der Waals surface area (Å²) in [6.45, 7) is 5.57. The minimum absolute atomic E-state index is 0.0159. The van der Waals surface area contributed by atoms with Gasteiger partial charge >= 0.3 is 5.97 Å². The van der Waals surface area contributed by atoms with Gasteiger partial charge in [0.05, 0.1) is 6.61 Å². The monoisotopic (exact) mass is 481 g/mol. The number of amides is 1. The van der Waals surface area contributed by atoms with Crippen molar-refractivity contribution in [2.75, 3.05) is 25.0 Å². The third-order valence-corrected chi connectivity index (χ3v) is 8.21. The lowest BCUT2D eigenvalue weighted by molar-refractivity contribution is -0.120. The number of nitrogens with one attached hydrogen (secondary N) is 1. The molecule has 2 aromatic rings. The molecule has 32 heavy (non-hydrogen) atoms. The van der Waals surface area contributed by atoms with Crippen molar-refractivity contribution in [2.24, 2.45) is 13.0 Å². The van der Waals surface area contributed by atoms with Gasteiger partial charge in [-0.25, -0.2) is 13.2 Å². The van der Waals surface area contributed by atoms with E-state index >= 15 is 0 Å². The SMILES string of the molecule is CCOC(=O)c1c(S(=O)(=O)N2CCC(C(=O)Nc3cccc(Cl)c3)CC2)c(C)n(C)c1C. The van der Waals surface area contributed by atoms with Gasteiger partial charge in [-0.3, -0.25) is 4.79 Å². The number of esters is 1. The second kappa shape index (κ2) is 9.64. The van der Waals surface area contributed by atoms with Crippen molar-refractivity contribution in [3.63, 3.8) is 0 Å². The summed E-state index contributed by atoms with van der Waals surface area (Å²) in [4.78, 5) is 25.2. The fraction of sp³-hybridized carbons (Fsp3) is 0.455. The number of piperidine rings is 1. The van der Waals surface area contributed by atoms with Crippen molar-refractivity contribution in [2.45, 2.75) is 38.5 Å². The van der Waals surface area contributed by atoms with E-state index in [1.54, 1.807) is 56.7 Å². The number of hydrogen-bond donors (Lipinski definition) is 1. The third kappa shape index (κ3) is 4.69. The van der Waals surface area contributed by atoms with Crippen LogP contribution in [0.5, 0.6) is 0 Å². The zero-order valence-electron chi connectivity index (χ0n) is 18.6. The number of nitrogens with zero attached hydrogens (tertiary/aromatic N) is 2. The molecular weight excluding hydrogens is 454 g/mol. The van der Waals surface area contributed by atoms with Crippen LogP contribution >= 0.6 is 11.6 Å². The minimum Gasteiger partial charge on any atom is -0.462 e. The van der Waals surface area contributed by atoms with Crippen molar-refractivity contribution in [3.8, 4) is 0 Å². The molecule has 1 saturated heterocycles. The van der Waals surface area contributed by atoms with Crippen LogP contribution in [0.25, 0.3) is 0 Å². The Kier molecular flexibility index (Phi) is 7.32. The van der Waals surface area contributed by atoms with Crippen molar-refractivity contribution < 1.29 is 22.7 Å². The average molecular weight is 482 g/mol. The molecule has 0 unspecified atom stereocenters. The predicted octanol–water partition coefficient (Wildman–Crippen LogP) is 3.51. The molecule has 0 saturated carbocycles. The number of sulfonamides is 1. The fourth-order valence-electron chi connectivity index (χ4n) is 3.97. The first-order valence-electron chi connectivity index (χ1n) is 10.5. The standard InChI is InChI=1S/C22H28ClN3O5S/c1-5-31-22(28)19-14(2)25(4)15(3)20(19)32(29,30)26-11-9-16(10-12-26)21(27)24-18-8-6-7-17(23)13-18/h6-8,13,16H,5,9-12H2,1-4H3,(H,24,27). The molecule has 174 valence electrons. The van der Waals surface area contributed by atoms with Gasteiger partial charge in [0.2, 0.25) is 15.9 Å². The number of anilines is 1. The van der Waals surface area contributed by atoms with Crippen LogP contribution in [-0.4, -0.2) is 48.9 Å². The van der Waals surface area contributed by atoms with Crippen LogP contribution < -0.4 is 5.32 Å². The highest BCUT2D eigenvalue weighted by Crippen LogP contribution is 2.32. The molecule has 1 aliphatic rings. The topological polar surface area (TPSA) is 97.7 Å². The second-order valence-corrected chi connectivity index (χ2v) is 10.1. The van der Waals surface area contributed by atoms with E-state index < -0.39 is 16.0 Å². The number of benzene rings is 1. The van der Waals surface area contributed by atoms with Crippen molar-refractivity contribution in [1.29, 1.82) is 0 Å². The molecule has 10 heteroatoms. The molecule has 2 heterocycles. The fourth-order valence-corrected chi connectivity index (χ4v) is 6.11. The van der Waals surface area contributed by atoms with Gasteiger partial charge in [0.25, 0.3) is 0 Å². The first-order valence-corrected chi connectivity index (χ1v) is 12.3. The van der Waals surface area contributed by atoms with Crippen LogP contribution in [0.4, 0.5) is 5.69 Å². The van der Waals surface area contributed by atoms with Gasteiger partial charge in [-0.1, -0.05) is 17.7 Å². The van der Waals surface area contributed by atoms with Crippen LogP contribution in [0, 0.1) is 19.8 Å². The van der Waals surface area contributed by atoms with Crippen LogP contribution in [0.1, 0.15) is 41.5 Å².